The zero-order valence-electron chi connectivity index (χ0n) is 22.0. The molecule has 1 aliphatic carbocycles. The molecule has 5 rings (SSSR count). The molecule has 37 heavy (non-hydrogen) atoms. The van der Waals surface area contributed by atoms with E-state index in [2.05, 4.69) is 29.1 Å². The molecule has 1 fully saturated rings. The number of nitrogens with zero attached hydrogens (tertiary/aromatic N) is 2. The summed E-state index contributed by atoms with van der Waals surface area (Å²) in [7, 11) is 3.32. The minimum absolute atomic E-state index is 0.170. The van der Waals surface area contributed by atoms with Gasteiger partial charge < -0.3 is 23.9 Å². The quantitative estimate of drug-likeness (QED) is 0.238. The fourth-order valence-corrected chi connectivity index (χ4v) is 5.63. The van der Waals surface area contributed by atoms with Gasteiger partial charge in [0.25, 0.3) is 0 Å². The first-order valence-electron chi connectivity index (χ1n) is 13.1. The molecule has 2 unspecified atom stereocenters. The summed E-state index contributed by atoms with van der Waals surface area (Å²) in [5.41, 5.74) is 2.86. The highest BCUT2D eigenvalue weighted by atomic mass is 16.5. The van der Waals surface area contributed by atoms with E-state index >= 15 is 0 Å². The molecular weight excluding hydrogens is 466 g/mol. The third kappa shape index (κ3) is 5.08. The van der Waals surface area contributed by atoms with Crippen molar-refractivity contribution >= 4 is 22.4 Å². The van der Waals surface area contributed by atoms with E-state index < -0.39 is 0 Å². The highest BCUT2D eigenvalue weighted by Gasteiger charge is 2.38. The van der Waals surface area contributed by atoms with Gasteiger partial charge in [0.15, 0.2) is 11.5 Å². The number of hydrogen-bond acceptors (Lipinski definition) is 7. The van der Waals surface area contributed by atoms with E-state index in [1.807, 2.05) is 42.5 Å². The number of nitrogens with one attached hydrogen (secondary N) is 1. The molecule has 7 nitrogen and oxygen atoms in total. The highest BCUT2D eigenvalue weighted by Crippen LogP contribution is 2.47. The molecule has 0 amide bonds. The molecular formula is C30H35N3O4. The van der Waals surface area contributed by atoms with E-state index in [0.29, 0.717) is 22.7 Å². The van der Waals surface area contributed by atoms with E-state index in [9.17, 15) is 0 Å². The van der Waals surface area contributed by atoms with Gasteiger partial charge in [0.2, 0.25) is 0 Å². The summed E-state index contributed by atoms with van der Waals surface area (Å²) >= 11 is 0. The Hall–Kier alpha value is -3.74. The van der Waals surface area contributed by atoms with Crippen LogP contribution in [0.25, 0.3) is 22.2 Å². The third-order valence-corrected chi connectivity index (χ3v) is 7.66. The van der Waals surface area contributed by atoms with Gasteiger partial charge in [-0.15, -0.1) is 0 Å². The van der Waals surface area contributed by atoms with Gasteiger partial charge in [0, 0.05) is 17.0 Å². The standard InChI is InChI=1S/C30H35N3O4/c1-5-12-30(6-2)13-11-21(18-30)37-28-16-22-23(17-27(28)35-4)31-19-32-29(22)33-24-15-20(9-10-26(24)34-3)25-8-7-14-36-25/h7-10,14-17,19,21H,5-6,11-13,18H2,1-4H3,(H,31,32,33). The second-order valence-corrected chi connectivity index (χ2v) is 9.85. The predicted molar refractivity (Wildman–Crippen MR) is 146 cm³/mol. The minimum Gasteiger partial charge on any atom is -0.495 e. The lowest BCUT2D eigenvalue weighted by atomic mass is 9.79. The van der Waals surface area contributed by atoms with Crippen molar-refractivity contribution in [1.82, 2.24) is 9.97 Å². The second-order valence-electron chi connectivity index (χ2n) is 9.85. The average molecular weight is 502 g/mol. The largest absolute Gasteiger partial charge is 0.495 e. The summed E-state index contributed by atoms with van der Waals surface area (Å²) in [5.74, 6) is 3.54. The normalized spacial score (nSPS) is 19.2. The van der Waals surface area contributed by atoms with Gasteiger partial charge in [-0.25, -0.2) is 9.97 Å². The van der Waals surface area contributed by atoms with Crippen molar-refractivity contribution in [2.45, 2.75) is 58.5 Å². The van der Waals surface area contributed by atoms with Crippen molar-refractivity contribution in [2.24, 2.45) is 5.41 Å². The molecule has 4 aromatic rings. The van der Waals surface area contributed by atoms with E-state index in [-0.39, 0.29) is 6.10 Å². The molecule has 2 aromatic carbocycles. The fraction of sp³-hybridized carbons (Fsp3) is 0.400. The van der Waals surface area contributed by atoms with Crippen LogP contribution in [-0.2, 0) is 0 Å². The summed E-state index contributed by atoms with van der Waals surface area (Å²) < 4.78 is 23.5. The lowest BCUT2D eigenvalue weighted by Crippen LogP contribution is -2.19. The number of benzene rings is 2. The minimum atomic E-state index is 0.170. The molecule has 0 radical (unpaired) electrons. The van der Waals surface area contributed by atoms with Crippen molar-refractivity contribution < 1.29 is 18.6 Å². The van der Waals surface area contributed by atoms with Crippen molar-refractivity contribution in [2.75, 3.05) is 19.5 Å². The number of ether oxygens (including phenoxy) is 3. The molecule has 0 saturated heterocycles. The molecule has 1 aliphatic rings. The number of hydrogen-bond donors (Lipinski definition) is 1. The van der Waals surface area contributed by atoms with Gasteiger partial charge in [-0.3, -0.25) is 0 Å². The monoisotopic (exact) mass is 501 g/mol. The van der Waals surface area contributed by atoms with Gasteiger partial charge in [0.05, 0.1) is 37.8 Å². The Morgan fingerprint density at radius 1 is 1.03 bits per heavy atom. The van der Waals surface area contributed by atoms with E-state index in [1.54, 1.807) is 26.8 Å². The van der Waals surface area contributed by atoms with Crippen molar-refractivity contribution in [3.05, 3.63) is 55.1 Å². The number of aromatic nitrogens is 2. The Morgan fingerprint density at radius 3 is 2.62 bits per heavy atom. The van der Waals surface area contributed by atoms with Crippen molar-refractivity contribution in [1.29, 1.82) is 0 Å². The molecule has 2 aromatic heterocycles. The maximum absolute atomic E-state index is 6.58. The first kappa shape index (κ1) is 24.9. The smallest absolute Gasteiger partial charge is 0.162 e. The third-order valence-electron chi connectivity index (χ3n) is 7.66. The van der Waals surface area contributed by atoms with E-state index in [4.69, 9.17) is 18.6 Å². The topological polar surface area (TPSA) is 78.6 Å². The van der Waals surface area contributed by atoms with Gasteiger partial charge in [-0.05, 0) is 67.5 Å². The molecule has 1 saturated carbocycles. The van der Waals surface area contributed by atoms with Crippen LogP contribution in [0.5, 0.6) is 17.2 Å². The molecule has 0 bridgehead atoms. The predicted octanol–water partition coefficient (Wildman–Crippen LogP) is 7.78. The molecule has 0 aliphatic heterocycles. The number of furan rings is 1. The van der Waals surface area contributed by atoms with E-state index in [1.165, 1.54) is 25.7 Å². The number of methoxy groups -OCH3 is 2. The van der Waals surface area contributed by atoms with Crippen LogP contribution in [0.3, 0.4) is 0 Å². The zero-order valence-corrected chi connectivity index (χ0v) is 22.0. The number of anilines is 2. The van der Waals surface area contributed by atoms with Gasteiger partial charge in [0.1, 0.15) is 23.7 Å². The Kier molecular flexibility index (Phi) is 7.22. The second kappa shape index (κ2) is 10.7. The Bertz CT molecular complexity index is 1350. The summed E-state index contributed by atoms with van der Waals surface area (Å²) in [6.07, 6.45) is 10.4. The van der Waals surface area contributed by atoms with Crippen LogP contribution in [0.2, 0.25) is 0 Å². The summed E-state index contributed by atoms with van der Waals surface area (Å²) in [5, 5.41) is 4.30. The molecule has 7 heteroatoms. The van der Waals surface area contributed by atoms with Gasteiger partial charge in [-0.2, -0.15) is 0 Å². The highest BCUT2D eigenvalue weighted by molar-refractivity contribution is 5.93. The summed E-state index contributed by atoms with van der Waals surface area (Å²) in [4.78, 5) is 9.06. The molecule has 2 atom stereocenters. The molecule has 194 valence electrons. The van der Waals surface area contributed by atoms with Crippen LogP contribution in [0.15, 0.2) is 59.5 Å². The Balaban J connectivity index is 1.48. The maximum atomic E-state index is 6.58. The van der Waals surface area contributed by atoms with Crippen LogP contribution in [-0.4, -0.2) is 30.3 Å². The van der Waals surface area contributed by atoms with E-state index in [0.717, 1.165) is 46.5 Å². The zero-order chi connectivity index (χ0) is 25.8. The van der Waals surface area contributed by atoms with Crippen LogP contribution in [0.4, 0.5) is 11.5 Å². The fourth-order valence-electron chi connectivity index (χ4n) is 5.63. The summed E-state index contributed by atoms with van der Waals surface area (Å²) in [6, 6.07) is 13.6. The average Bonchev–Trinajstić information content (AvgIpc) is 3.60. The van der Waals surface area contributed by atoms with Gasteiger partial charge >= 0.3 is 0 Å². The van der Waals surface area contributed by atoms with Crippen molar-refractivity contribution in [3.63, 3.8) is 0 Å². The SMILES string of the molecule is CCCC1(CC)CCC(Oc2cc3c(Nc4cc(-c5ccco5)ccc4OC)ncnc3cc2OC)C1. The van der Waals surface area contributed by atoms with Crippen LogP contribution < -0.4 is 19.5 Å². The number of fused-ring (bicyclic) bond motifs is 1. The lowest BCUT2D eigenvalue weighted by molar-refractivity contribution is 0.167. The first-order chi connectivity index (χ1) is 18.1. The van der Waals surface area contributed by atoms with Crippen LogP contribution in [0.1, 0.15) is 52.4 Å². The lowest BCUT2D eigenvalue weighted by Gasteiger charge is -2.27. The molecule has 2 heterocycles. The first-order valence-corrected chi connectivity index (χ1v) is 13.1. The molecule has 0 spiro atoms. The maximum Gasteiger partial charge on any atom is 0.162 e. The van der Waals surface area contributed by atoms with Crippen molar-refractivity contribution in [3.8, 4) is 28.6 Å². The van der Waals surface area contributed by atoms with Crippen LogP contribution >= 0.6 is 0 Å². The Labute approximate surface area is 218 Å². The van der Waals surface area contributed by atoms with Gasteiger partial charge in [-0.1, -0.05) is 26.7 Å². The Morgan fingerprint density at radius 2 is 1.89 bits per heavy atom. The van der Waals surface area contributed by atoms with Crippen LogP contribution in [0, 0.1) is 5.41 Å². The number of rotatable bonds is 10. The molecule has 1 N–H and O–H groups in total. The summed E-state index contributed by atoms with van der Waals surface area (Å²) in [6.45, 7) is 4.57.